The first-order chi connectivity index (χ1) is 6.02. The van der Waals surface area contributed by atoms with Gasteiger partial charge in [-0.05, 0) is 25.1 Å². The van der Waals surface area contributed by atoms with Crippen LogP contribution in [0.2, 0.25) is 0 Å². The molecule has 0 aliphatic carbocycles. The molecule has 0 aliphatic heterocycles. The van der Waals surface area contributed by atoms with E-state index in [1.807, 2.05) is 0 Å². The van der Waals surface area contributed by atoms with Crippen molar-refractivity contribution in [2.45, 2.75) is 6.92 Å². The fourth-order valence-electron chi connectivity index (χ4n) is 0.908. The van der Waals surface area contributed by atoms with E-state index in [0.717, 1.165) is 12.1 Å². The van der Waals surface area contributed by atoms with Crippen LogP contribution in [0.4, 0.5) is 4.39 Å². The standard InChI is InChI=1S/C9H7FO3/c1-5(11)6-2-3-8(10)7(4-6)9(12)13/h2-4H,1H3,(H,12,13). The molecule has 1 aromatic rings. The lowest BCUT2D eigenvalue weighted by Crippen LogP contribution is -2.03. The predicted molar refractivity (Wildman–Crippen MR) is 43.4 cm³/mol. The molecule has 0 bridgehead atoms. The van der Waals surface area contributed by atoms with Gasteiger partial charge in [-0.2, -0.15) is 0 Å². The van der Waals surface area contributed by atoms with Crippen LogP contribution in [-0.4, -0.2) is 16.9 Å². The number of benzene rings is 1. The van der Waals surface area contributed by atoms with Crippen molar-refractivity contribution in [3.63, 3.8) is 0 Å². The normalized spacial score (nSPS) is 9.69. The number of ketones is 1. The van der Waals surface area contributed by atoms with E-state index in [1.165, 1.54) is 13.0 Å². The molecule has 13 heavy (non-hydrogen) atoms. The number of Topliss-reactive ketones (excluding diaryl/α,β-unsaturated/α-hetero) is 1. The Bertz CT molecular complexity index is 371. The van der Waals surface area contributed by atoms with Gasteiger partial charge in [0.05, 0.1) is 5.56 Å². The van der Waals surface area contributed by atoms with Crippen LogP contribution in [-0.2, 0) is 0 Å². The van der Waals surface area contributed by atoms with Gasteiger partial charge in [0, 0.05) is 5.56 Å². The minimum atomic E-state index is -1.37. The van der Waals surface area contributed by atoms with Crippen molar-refractivity contribution in [3.05, 3.63) is 35.1 Å². The fourth-order valence-corrected chi connectivity index (χ4v) is 0.908. The van der Waals surface area contributed by atoms with Crippen LogP contribution >= 0.6 is 0 Å². The molecular weight excluding hydrogens is 175 g/mol. The van der Waals surface area contributed by atoms with E-state index in [1.54, 1.807) is 0 Å². The van der Waals surface area contributed by atoms with E-state index >= 15 is 0 Å². The van der Waals surface area contributed by atoms with E-state index in [0.29, 0.717) is 0 Å². The van der Waals surface area contributed by atoms with Crippen LogP contribution in [0.3, 0.4) is 0 Å². The van der Waals surface area contributed by atoms with Crippen LogP contribution < -0.4 is 0 Å². The molecule has 4 heteroatoms. The van der Waals surface area contributed by atoms with Crippen molar-refractivity contribution in [3.8, 4) is 0 Å². The van der Waals surface area contributed by atoms with Crippen LogP contribution in [0.15, 0.2) is 18.2 Å². The maximum atomic E-state index is 12.8. The van der Waals surface area contributed by atoms with Gasteiger partial charge >= 0.3 is 5.97 Å². The molecule has 0 amide bonds. The lowest BCUT2D eigenvalue weighted by molar-refractivity contribution is 0.0692. The van der Waals surface area contributed by atoms with Gasteiger partial charge in [0.1, 0.15) is 5.82 Å². The van der Waals surface area contributed by atoms with Gasteiger partial charge < -0.3 is 5.11 Å². The van der Waals surface area contributed by atoms with Crippen LogP contribution in [0.1, 0.15) is 27.6 Å². The molecule has 0 saturated heterocycles. The number of halogens is 1. The minimum absolute atomic E-state index is 0.193. The average molecular weight is 182 g/mol. The Kier molecular flexibility index (Phi) is 2.41. The third-order valence-electron chi connectivity index (χ3n) is 1.60. The number of rotatable bonds is 2. The lowest BCUT2D eigenvalue weighted by Gasteiger charge is -1.99. The lowest BCUT2D eigenvalue weighted by atomic mass is 10.1. The second-order valence-corrected chi connectivity index (χ2v) is 2.56. The topological polar surface area (TPSA) is 54.4 Å². The third kappa shape index (κ3) is 1.90. The van der Waals surface area contributed by atoms with E-state index in [9.17, 15) is 14.0 Å². The highest BCUT2D eigenvalue weighted by Crippen LogP contribution is 2.10. The van der Waals surface area contributed by atoms with Gasteiger partial charge in [-0.15, -0.1) is 0 Å². The van der Waals surface area contributed by atoms with Crippen LogP contribution in [0, 0.1) is 5.82 Å². The van der Waals surface area contributed by atoms with E-state index in [2.05, 4.69) is 0 Å². The van der Waals surface area contributed by atoms with Gasteiger partial charge in [-0.1, -0.05) is 0 Å². The van der Waals surface area contributed by atoms with Crippen molar-refractivity contribution in [1.82, 2.24) is 0 Å². The zero-order chi connectivity index (χ0) is 10.0. The van der Waals surface area contributed by atoms with Gasteiger partial charge in [-0.3, -0.25) is 4.79 Å². The highest BCUT2D eigenvalue weighted by Gasteiger charge is 2.11. The van der Waals surface area contributed by atoms with Gasteiger partial charge in [0.2, 0.25) is 0 Å². The number of hydrogen-bond donors (Lipinski definition) is 1. The quantitative estimate of drug-likeness (QED) is 0.708. The summed E-state index contributed by atoms with van der Waals surface area (Å²) in [4.78, 5) is 21.3. The molecule has 0 atom stereocenters. The van der Waals surface area contributed by atoms with Gasteiger partial charge in [0.25, 0.3) is 0 Å². The van der Waals surface area contributed by atoms with Gasteiger partial charge in [0.15, 0.2) is 5.78 Å². The van der Waals surface area contributed by atoms with Crippen molar-refractivity contribution in [2.75, 3.05) is 0 Å². The Balaban J connectivity index is 3.27. The second kappa shape index (κ2) is 3.35. The summed E-state index contributed by atoms with van der Waals surface area (Å²) in [6.45, 7) is 1.29. The minimum Gasteiger partial charge on any atom is -0.478 e. The first kappa shape index (κ1) is 9.38. The van der Waals surface area contributed by atoms with Crippen molar-refractivity contribution >= 4 is 11.8 Å². The molecule has 0 unspecified atom stereocenters. The Labute approximate surface area is 73.8 Å². The number of carboxylic acid groups (broad SMARTS) is 1. The zero-order valence-corrected chi connectivity index (χ0v) is 6.87. The van der Waals surface area contributed by atoms with E-state index in [-0.39, 0.29) is 11.3 Å². The molecule has 0 heterocycles. The maximum absolute atomic E-state index is 12.8. The number of carbonyl (C=O) groups is 2. The largest absolute Gasteiger partial charge is 0.478 e. The maximum Gasteiger partial charge on any atom is 0.338 e. The molecule has 0 radical (unpaired) electrons. The summed E-state index contributed by atoms with van der Waals surface area (Å²) in [6, 6.07) is 3.25. The summed E-state index contributed by atoms with van der Waals surface area (Å²) >= 11 is 0. The molecule has 1 N–H and O–H groups in total. The third-order valence-corrected chi connectivity index (χ3v) is 1.60. The molecule has 3 nitrogen and oxygen atoms in total. The molecule has 1 rings (SSSR count). The fraction of sp³-hybridized carbons (Fsp3) is 0.111. The van der Waals surface area contributed by atoms with Gasteiger partial charge in [-0.25, -0.2) is 9.18 Å². The zero-order valence-electron chi connectivity index (χ0n) is 6.87. The molecule has 1 aromatic carbocycles. The number of aromatic carboxylic acids is 1. The molecule has 0 saturated carbocycles. The van der Waals surface area contributed by atoms with Crippen molar-refractivity contribution < 1.29 is 19.1 Å². The molecule has 68 valence electrons. The summed E-state index contributed by atoms with van der Waals surface area (Å²) in [6.07, 6.45) is 0. The number of hydrogen-bond acceptors (Lipinski definition) is 2. The molecule has 0 spiro atoms. The Morgan fingerprint density at radius 1 is 1.38 bits per heavy atom. The molecule has 0 aromatic heterocycles. The van der Waals surface area contributed by atoms with Crippen molar-refractivity contribution in [1.29, 1.82) is 0 Å². The summed E-state index contributed by atoms with van der Waals surface area (Å²) in [5.74, 6) is -2.50. The Morgan fingerprint density at radius 3 is 2.46 bits per heavy atom. The summed E-state index contributed by atoms with van der Waals surface area (Å²) < 4.78 is 12.8. The average Bonchev–Trinajstić information content (AvgIpc) is 2.04. The Morgan fingerprint density at radius 2 is 2.00 bits per heavy atom. The molecule has 0 fully saturated rings. The first-order valence-electron chi connectivity index (χ1n) is 3.56. The number of carbonyl (C=O) groups excluding carboxylic acids is 1. The van der Waals surface area contributed by atoms with E-state index < -0.39 is 17.3 Å². The second-order valence-electron chi connectivity index (χ2n) is 2.56. The number of carboxylic acids is 1. The monoisotopic (exact) mass is 182 g/mol. The first-order valence-corrected chi connectivity index (χ1v) is 3.56. The van der Waals surface area contributed by atoms with Crippen LogP contribution in [0.25, 0.3) is 0 Å². The van der Waals surface area contributed by atoms with E-state index in [4.69, 9.17) is 5.11 Å². The van der Waals surface area contributed by atoms with Crippen LogP contribution in [0.5, 0.6) is 0 Å². The summed E-state index contributed by atoms with van der Waals surface area (Å²) in [5, 5.41) is 8.52. The van der Waals surface area contributed by atoms with Crippen molar-refractivity contribution in [2.24, 2.45) is 0 Å². The Hall–Kier alpha value is -1.71. The highest BCUT2D eigenvalue weighted by atomic mass is 19.1. The highest BCUT2D eigenvalue weighted by molar-refractivity contribution is 5.97. The smallest absolute Gasteiger partial charge is 0.338 e. The molecular formula is C9H7FO3. The SMILES string of the molecule is CC(=O)c1ccc(F)c(C(=O)O)c1. The summed E-state index contributed by atoms with van der Waals surface area (Å²) in [7, 11) is 0. The molecule has 0 aliphatic rings. The summed E-state index contributed by atoms with van der Waals surface area (Å²) in [5.41, 5.74) is -0.286. The predicted octanol–water partition coefficient (Wildman–Crippen LogP) is 1.73.